The van der Waals surface area contributed by atoms with E-state index in [1.807, 2.05) is 12.1 Å². The Hall–Kier alpha value is -1.26. The Kier molecular flexibility index (Phi) is 6.33. The molecular weight excluding hydrogens is 266 g/mol. The molecule has 0 spiro atoms. The molecule has 1 heterocycles. The lowest BCUT2D eigenvalue weighted by molar-refractivity contribution is 0.0492. The number of rotatable bonds is 7. The number of benzene rings is 1. The van der Waals surface area contributed by atoms with Crippen LogP contribution in [-0.4, -0.2) is 33.0 Å². The van der Waals surface area contributed by atoms with Crippen LogP contribution in [0.25, 0.3) is 0 Å². The summed E-state index contributed by atoms with van der Waals surface area (Å²) in [6.45, 7) is 7.51. The lowest BCUT2D eigenvalue weighted by atomic mass is 10.0. The summed E-state index contributed by atoms with van der Waals surface area (Å²) in [6.07, 6.45) is 2.16. The van der Waals surface area contributed by atoms with E-state index in [9.17, 15) is 0 Å². The van der Waals surface area contributed by atoms with Crippen molar-refractivity contribution in [3.63, 3.8) is 0 Å². The van der Waals surface area contributed by atoms with Crippen LogP contribution >= 0.6 is 0 Å². The van der Waals surface area contributed by atoms with E-state index >= 15 is 0 Å². The van der Waals surface area contributed by atoms with Gasteiger partial charge in [-0.15, -0.1) is 0 Å². The molecule has 1 aromatic carbocycles. The van der Waals surface area contributed by atoms with Crippen LogP contribution in [0.4, 0.5) is 0 Å². The number of methoxy groups -OCH3 is 1. The standard InChI is InChI=1S/C17H27NO3/c1-13(2)18-11-15-5-4-6-16(19-3)17(15)21-12-14-7-9-20-10-8-14/h4-6,13-14,18H,7-12H2,1-3H3. The van der Waals surface area contributed by atoms with Gasteiger partial charge in [0.25, 0.3) is 0 Å². The molecule has 4 nitrogen and oxygen atoms in total. The SMILES string of the molecule is COc1cccc(CNC(C)C)c1OCC1CCOCC1. The van der Waals surface area contributed by atoms with Crippen molar-refractivity contribution in [2.24, 2.45) is 5.92 Å². The maximum absolute atomic E-state index is 6.11. The van der Waals surface area contributed by atoms with Crippen LogP contribution < -0.4 is 14.8 Å². The van der Waals surface area contributed by atoms with Crippen molar-refractivity contribution in [1.82, 2.24) is 5.32 Å². The van der Waals surface area contributed by atoms with Gasteiger partial charge in [0, 0.05) is 31.4 Å². The van der Waals surface area contributed by atoms with Crippen LogP contribution in [0.5, 0.6) is 11.5 Å². The van der Waals surface area contributed by atoms with Gasteiger partial charge in [-0.3, -0.25) is 0 Å². The second kappa shape index (κ2) is 8.25. The minimum absolute atomic E-state index is 0.444. The molecule has 0 aromatic heterocycles. The maximum Gasteiger partial charge on any atom is 0.165 e. The van der Waals surface area contributed by atoms with Gasteiger partial charge in [-0.25, -0.2) is 0 Å². The second-order valence-corrected chi connectivity index (χ2v) is 5.85. The monoisotopic (exact) mass is 293 g/mol. The Morgan fingerprint density at radius 2 is 2.05 bits per heavy atom. The van der Waals surface area contributed by atoms with Crippen molar-refractivity contribution in [3.05, 3.63) is 23.8 Å². The first kappa shape index (κ1) is 16.1. The van der Waals surface area contributed by atoms with Crippen LogP contribution in [0.15, 0.2) is 18.2 Å². The molecule has 118 valence electrons. The lowest BCUT2D eigenvalue weighted by Crippen LogP contribution is -2.24. The summed E-state index contributed by atoms with van der Waals surface area (Å²) in [5, 5.41) is 3.44. The number of hydrogen-bond acceptors (Lipinski definition) is 4. The molecule has 0 atom stereocenters. The number of ether oxygens (including phenoxy) is 3. The molecule has 0 saturated carbocycles. The molecule has 0 radical (unpaired) electrons. The molecule has 0 amide bonds. The molecule has 4 heteroatoms. The second-order valence-electron chi connectivity index (χ2n) is 5.85. The van der Waals surface area contributed by atoms with E-state index in [4.69, 9.17) is 14.2 Å². The Morgan fingerprint density at radius 3 is 2.71 bits per heavy atom. The van der Waals surface area contributed by atoms with Crippen molar-refractivity contribution < 1.29 is 14.2 Å². The molecular formula is C17H27NO3. The first-order valence-corrected chi connectivity index (χ1v) is 7.80. The van der Waals surface area contributed by atoms with E-state index in [-0.39, 0.29) is 0 Å². The van der Waals surface area contributed by atoms with E-state index in [0.717, 1.165) is 56.3 Å². The zero-order chi connectivity index (χ0) is 15.1. The Labute approximate surface area is 127 Å². The number of para-hydroxylation sites is 1. The van der Waals surface area contributed by atoms with Gasteiger partial charge in [-0.05, 0) is 24.8 Å². The molecule has 0 aliphatic carbocycles. The molecule has 1 aliphatic rings. The first-order valence-electron chi connectivity index (χ1n) is 7.80. The fourth-order valence-electron chi connectivity index (χ4n) is 2.45. The zero-order valence-electron chi connectivity index (χ0n) is 13.4. The average molecular weight is 293 g/mol. The summed E-state index contributed by atoms with van der Waals surface area (Å²) in [7, 11) is 1.69. The molecule has 1 fully saturated rings. The predicted molar refractivity (Wildman–Crippen MR) is 84.0 cm³/mol. The number of nitrogens with one attached hydrogen (secondary N) is 1. The van der Waals surface area contributed by atoms with Crippen LogP contribution in [0.3, 0.4) is 0 Å². The fourth-order valence-corrected chi connectivity index (χ4v) is 2.45. The Bertz CT molecular complexity index is 428. The van der Waals surface area contributed by atoms with Gasteiger partial charge in [0.2, 0.25) is 0 Å². The van der Waals surface area contributed by atoms with Crippen molar-refractivity contribution >= 4 is 0 Å². The normalized spacial score (nSPS) is 16.2. The fraction of sp³-hybridized carbons (Fsp3) is 0.647. The largest absolute Gasteiger partial charge is 0.493 e. The summed E-state index contributed by atoms with van der Waals surface area (Å²) in [4.78, 5) is 0. The smallest absolute Gasteiger partial charge is 0.165 e. The molecule has 2 rings (SSSR count). The summed E-state index contributed by atoms with van der Waals surface area (Å²) < 4.78 is 17.0. The number of hydrogen-bond donors (Lipinski definition) is 1. The summed E-state index contributed by atoms with van der Waals surface area (Å²) in [5.41, 5.74) is 1.15. The summed E-state index contributed by atoms with van der Waals surface area (Å²) in [5.74, 6) is 2.26. The van der Waals surface area contributed by atoms with E-state index in [1.54, 1.807) is 7.11 Å². The molecule has 21 heavy (non-hydrogen) atoms. The molecule has 0 bridgehead atoms. The molecule has 0 unspecified atom stereocenters. The van der Waals surface area contributed by atoms with Crippen molar-refractivity contribution in [2.75, 3.05) is 26.9 Å². The zero-order valence-corrected chi connectivity index (χ0v) is 13.4. The Balaban J connectivity index is 2.03. The van der Waals surface area contributed by atoms with Crippen molar-refractivity contribution in [2.45, 2.75) is 39.3 Å². The summed E-state index contributed by atoms with van der Waals surface area (Å²) in [6, 6.07) is 6.51. The van der Waals surface area contributed by atoms with Crippen LogP contribution in [0, 0.1) is 5.92 Å². The third-order valence-electron chi connectivity index (χ3n) is 3.79. The van der Waals surface area contributed by atoms with Gasteiger partial charge in [-0.2, -0.15) is 0 Å². The van der Waals surface area contributed by atoms with Gasteiger partial charge in [0.15, 0.2) is 11.5 Å². The van der Waals surface area contributed by atoms with E-state index in [2.05, 4.69) is 25.2 Å². The van der Waals surface area contributed by atoms with E-state index < -0.39 is 0 Å². The van der Waals surface area contributed by atoms with Crippen LogP contribution in [-0.2, 0) is 11.3 Å². The van der Waals surface area contributed by atoms with Gasteiger partial charge < -0.3 is 19.5 Å². The first-order chi connectivity index (χ1) is 10.2. The molecule has 1 saturated heterocycles. The highest BCUT2D eigenvalue weighted by Crippen LogP contribution is 2.32. The highest BCUT2D eigenvalue weighted by atomic mass is 16.5. The highest BCUT2D eigenvalue weighted by Gasteiger charge is 2.17. The Morgan fingerprint density at radius 1 is 1.29 bits per heavy atom. The topological polar surface area (TPSA) is 39.7 Å². The third kappa shape index (κ3) is 4.90. The van der Waals surface area contributed by atoms with Gasteiger partial charge in [-0.1, -0.05) is 26.0 Å². The lowest BCUT2D eigenvalue weighted by Gasteiger charge is -2.23. The highest BCUT2D eigenvalue weighted by molar-refractivity contribution is 5.46. The van der Waals surface area contributed by atoms with E-state index in [1.165, 1.54) is 0 Å². The van der Waals surface area contributed by atoms with Crippen molar-refractivity contribution in [3.8, 4) is 11.5 Å². The van der Waals surface area contributed by atoms with Crippen LogP contribution in [0.1, 0.15) is 32.3 Å². The average Bonchev–Trinajstić information content (AvgIpc) is 2.52. The molecule has 1 aromatic rings. The maximum atomic E-state index is 6.11. The third-order valence-corrected chi connectivity index (χ3v) is 3.79. The summed E-state index contributed by atoms with van der Waals surface area (Å²) >= 11 is 0. The van der Waals surface area contributed by atoms with Crippen molar-refractivity contribution in [1.29, 1.82) is 0 Å². The van der Waals surface area contributed by atoms with Gasteiger partial charge in [0.1, 0.15) is 0 Å². The van der Waals surface area contributed by atoms with Crippen LogP contribution in [0.2, 0.25) is 0 Å². The molecule has 1 N–H and O–H groups in total. The van der Waals surface area contributed by atoms with Gasteiger partial charge >= 0.3 is 0 Å². The quantitative estimate of drug-likeness (QED) is 0.839. The predicted octanol–water partition coefficient (Wildman–Crippen LogP) is 3.00. The molecule has 1 aliphatic heterocycles. The van der Waals surface area contributed by atoms with E-state index in [0.29, 0.717) is 12.0 Å². The minimum atomic E-state index is 0.444. The van der Waals surface area contributed by atoms with Gasteiger partial charge in [0.05, 0.1) is 13.7 Å². The minimum Gasteiger partial charge on any atom is -0.493 e.